The van der Waals surface area contributed by atoms with Gasteiger partial charge in [0.05, 0.1) is 6.07 Å². The van der Waals surface area contributed by atoms with Crippen LogP contribution in [0.3, 0.4) is 0 Å². The van der Waals surface area contributed by atoms with Crippen LogP contribution in [0.4, 0.5) is 0 Å². The van der Waals surface area contributed by atoms with E-state index in [2.05, 4.69) is 11.0 Å². The molecule has 3 nitrogen and oxygen atoms in total. The topological polar surface area (TPSA) is 44.1 Å². The van der Waals surface area contributed by atoms with Crippen molar-refractivity contribution in [3.8, 4) is 6.07 Å². The maximum absolute atomic E-state index is 11.8. The molecule has 2 unspecified atom stereocenters. The van der Waals surface area contributed by atoms with Gasteiger partial charge in [0.15, 0.2) is 0 Å². The summed E-state index contributed by atoms with van der Waals surface area (Å²) in [7, 11) is 0. The fourth-order valence-electron chi connectivity index (χ4n) is 3.20. The number of likely N-dealkylation sites (tertiary alicyclic amines) is 1. The normalized spacial score (nSPS) is 30.8. The highest BCUT2D eigenvalue weighted by molar-refractivity contribution is 5.83. The van der Waals surface area contributed by atoms with Crippen LogP contribution < -0.4 is 0 Å². The molecule has 1 aliphatic carbocycles. The number of nitriles is 1. The fourth-order valence-corrected chi connectivity index (χ4v) is 3.20. The molecule has 0 aromatic rings. The van der Waals surface area contributed by atoms with E-state index in [0.717, 1.165) is 38.8 Å². The van der Waals surface area contributed by atoms with Gasteiger partial charge in [-0.2, -0.15) is 5.26 Å². The number of carbonyl (C=O) groups excluding carboxylic acids is 1. The van der Waals surface area contributed by atoms with Crippen molar-refractivity contribution in [2.45, 2.75) is 51.0 Å². The van der Waals surface area contributed by atoms with Crippen molar-refractivity contribution in [3.05, 3.63) is 0 Å². The first-order chi connectivity index (χ1) is 7.83. The summed E-state index contributed by atoms with van der Waals surface area (Å²) in [5.41, 5.74) is 0. The van der Waals surface area contributed by atoms with E-state index in [-0.39, 0.29) is 0 Å². The molecule has 0 aromatic carbocycles. The molecule has 0 bridgehead atoms. The average Bonchev–Trinajstić information content (AvgIpc) is 2.87. The van der Waals surface area contributed by atoms with Gasteiger partial charge in [0, 0.05) is 24.8 Å². The second-order valence-electron chi connectivity index (χ2n) is 4.97. The number of rotatable bonds is 4. The molecule has 0 aromatic heterocycles. The molecule has 1 aliphatic heterocycles. The summed E-state index contributed by atoms with van der Waals surface area (Å²) < 4.78 is 0. The summed E-state index contributed by atoms with van der Waals surface area (Å²) in [5, 5.41) is 8.54. The van der Waals surface area contributed by atoms with Crippen LogP contribution in [0.25, 0.3) is 0 Å². The molecule has 1 heterocycles. The quantitative estimate of drug-likeness (QED) is 0.682. The maximum Gasteiger partial charge on any atom is 0.137 e. The van der Waals surface area contributed by atoms with Gasteiger partial charge in [0.25, 0.3) is 0 Å². The highest BCUT2D eigenvalue weighted by Gasteiger charge is 2.37. The molecule has 16 heavy (non-hydrogen) atoms. The monoisotopic (exact) mass is 220 g/mol. The van der Waals surface area contributed by atoms with Crippen molar-refractivity contribution in [2.24, 2.45) is 5.92 Å². The zero-order valence-corrected chi connectivity index (χ0v) is 9.82. The Kier molecular flexibility index (Phi) is 3.95. The molecule has 1 saturated carbocycles. The van der Waals surface area contributed by atoms with Crippen molar-refractivity contribution in [1.29, 1.82) is 5.26 Å². The second-order valence-corrected chi connectivity index (χ2v) is 4.97. The Morgan fingerprint density at radius 2 is 2.25 bits per heavy atom. The number of unbranched alkanes of at least 4 members (excludes halogenated alkanes) is 1. The average molecular weight is 220 g/mol. The lowest BCUT2D eigenvalue weighted by Crippen LogP contribution is -2.37. The van der Waals surface area contributed by atoms with E-state index < -0.39 is 0 Å². The third-order valence-electron chi connectivity index (χ3n) is 3.96. The molecule has 0 spiro atoms. The minimum atomic E-state index is 0.310. The van der Waals surface area contributed by atoms with Gasteiger partial charge in [0.1, 0.15) is 5.78 Å². The fraction of sp³-hybridized carbons (Fsp3) is 0.846. The van der Waals surface area contributed by atoms with Crippen LogP contribution in [0.1, 0.15) is 44.9 Å². The van der Waals surface area contributed by atoms with Crippen LogP contribution in [0.2, 0.25) is 0 Å². The van der Waals surface area contributed by atoms with Gasteiger partial charge in [-0.3, -0.25) is 9.69 Å². The Morgan fingerprint density at radius 3 is 2.94 bits per heavy atom. The maximum atomic E-state index is 11.8. The number of hydrogen-bond acceptors (Lipinski definition) is 3. The molecule has 3 heteroatoms. The van der Waals surface area contributed by atoms with Crippen molar-refractivity contribution < 1.29 is 4.79 Å². The van der Waals surface area contributed by atoms with E-state index in [9.17, 15) is 4.79 Å². The Hall–Kier alpha value is -0.880. The highest BCUT2D eigenvalue weighted by Crippen LogP contribution is 2.33. The highest BCUT2D eigenvalue weighted by atomic mass is 16.1. The Morgan fingerprint density at radius 1 is 1.38 bits per heavy atom. The first kappa shape index (κ1) is 11.6. The summed E-state index contributed by atoms with van der Waals surface area (Å²) in [6, 6.07) is 2.69. The number of nitrogens with zero attached hydrogens (tertiary/aromatic N) is 2. The Bertz CT molecular complexity index is 295. The molecule has 2 rings (SSSR count). The number of Topliss-reactive ketones (excluding diaryl/α,β-unsaturated/α-hetero) is 1. The van der Waals surface area contributed by atoms with E-state index in [1.54, 1.807) is 0 Å². The molecule has 0 radical (unpaired) electrons. The summed E-state index contributed by atoms with van der Waals surface area (Å²) in [4.78, 5) is 14.2. The molecule has 88 valence electrons. The standard InChI is InChI=1S/C13H20N2O/c14-8-1-2-9-15-10-4-6-12(15)11-5-3-7-13(11)16/h11-12H,1-7,9-10H2. The van der Waals surface area contributed by atoms with Crippen molar-refractivity contribution in [2.75, 3.05) is 13.1 Å². The lowest BCUT2D eigenvalue weighted by Gasteiger charge is -2.28. The minimum absolute atomic E-state index is 0.310. The third-order valence-corrected chi connectivity index (χ3v) is 3.96. The predicted octanol–water partition coefficient (Wildman–Crippen LogP) is 2.12. The molecular weight excluding hydrogens is 200 g/mol. The molecule has 2 fully saturated rings. The van der Waals surface area contributed by atoms with Gasteiger partial charge >= 0.3 is 0 Å². The molecule has 1 saturated heterocycles. The number of hydrogen-bond donors (Lipinski definition) is 0. The van der Waals surface area contributed by atoms with Crippen LogP contribution >= 0.6 is 0 Å². The van der Waals surface area contributed by atoms with Gasteiger partial charge in [-0.25, -0.2) is 0 Å². The van der Waals surface area contributed by atoms with E-state index in [0.29, 0.717) is 24.2 Å². The van der Waals surface area contributed by atoms with Crippen LogP contribution in [0.15, 0.2) is 0 Å². The van der Waals surface area contributed by atoms with E-state index in [1.165, 1.54) is 12.8 Å². The largest absolute Gasteiger partial charge is 0.300 e. The van der Waals surface area contributed by atoms with Crippen molar-refractivity contribution in [1.82, 2.24) is 4.90 Å². The molecule has 0 amide bonds. The summed E-state index contributed by atoms with van der Waals surface area (Å²) in [6.07, 6.45) is 6.98. The van der Waals surface area contributed by atoms with Crippen LogP contribution in [0, 0.1) is 17.2 Å². The zero-order chi connectivity index (χ0) is 11.4. The summed E-state index contributed by atoms with van der Waals surface area (Å²) in [5.74, 6) is 0.793. The Balaban J connectivity index is 1.88. The number of ketones is 1. The second kappa shape index (κ2) is 5.45. The van der Waals surface area contributed by atoms with Crippen LogP contribution in [0.5, 0.6) is 0 Å². The SMILES string of the molecule is N#CCCCN1CCCC1C1CCCC1=O. The van der Waals surface area contributed by atoms with Crippen LogP contribution in [-0.4, -0.2) is 29.8 Å². The lowest BCUT2D eigenvalue weighted by atomic mass is 9.95. The van der Waals surface area contributed by atoms with E-state index in [4.69, 9.17) is 5.26 Å². The van der Waals surface area contributed by atoms with Crippen molar-refractivity contribution >= 4 is 5.78 Å². The first-order valence-corrected chi connectivity index (χ1v) is 6.46. The van der Waals surface area contributed by atoms with Gasteiger partial charge in [-0.1, -0.05) is 0 Å². The molecule has 0 N–H and O–H groups in total. The lowest BCUT2D eigenvalue weighted by molar-refractivity contribution is -0.122. The summed E-state index contributed by atoms with van der Waals surface area (Å²) >= 11 is 0. The van der Waals surface area contributed by atoms with Gasteiger partial charge < -0.3 is 0 Å². The van der Waals surface area contributed by atoms with Gasteiger partial charge in [0.2, 0.25) is 0 Å². The summed E-state index contributed by atoms with van der Waals surface area (Å²) in [6.45, 7) is 2.13. The molecule has 2 aliphatic rings. The van der Waals surface area contributed by atoms with Gasteiger partial charge in [-0.05, 0) is 45.2 Å². The van der Waals surface area contributed by atoms with E-state index in [1.807, 2.05) is 0 Å². The van der Waals surface area contributed by atoms with Crippen LogP contribution in [-0.2, 0) is 4.79 Å². The molecule has 2 atom stereocenters. The molecular formula is C13H20N2O. The van der Waals surface area contributed by atoms with Gasteiger partial charge in [-0.15, -0.1) is 0 Å². The third kappa shape index (κ3) is 2.44. The minimum Gasteiger partial charge on any atom is -0.300 e. The first-order valence-electron chi connectivity index (χ1n) is 6.46. The zero-order valence-electron chi connectivity index (χ0n) is 9.82. The smallest absolute Gasteiger partial charge is 0.137 e. The van der Waals surface area contributed by atoms with E-state index >= 15 is 0 Å². The Labute approximate surface area is 97.4 Å². The predicted molar refractivity (Wildman–Crippen MR) is 61.8 cm³/mol. The number of carbonyl (C=O) groups is 1. The van der Waals surface area contributed by atoms with Crippen molar-refractivity contribution in [3.63, 3.8) is 0 Å².